The zero-order valence-electron chi connectivity index (χ0n) is 25.5. The molecule has 0 spiro atoms. The lowest BCUT2D eigenvalue weighted by Gasteiger charge is -1.91. The maximum Gasteiger partial charge on any atom is 0.115 e. The Morgan fingerprint density at radius 3 is 1.32 bits per heavy atom. The van der Waals surface area contributed by atoms with Crippen molar-refractivity contribution in [2.75, 3.05) is 0 Å². The molecule has 0 saturated heterocycles. The van der Waals surface area contributed by atoms with E-state index in [0.29, 0.717) is 0 Å². The third-order valence-corrected chi connectivity index (χ3v) is 4.11. The fourth-order valence-corrected chi connectivity index (χ4v) is 2.61. The zero-order chi connectivity index (χ0) is 30.1. The highest BCUT2D eigenvalue weighted by molar-refractivity contribution is 5.81. The van der Waals surface area contributed by atoms with Crippen molar-refractivity contribution >= 4 is 21.7 Å². The summed E-state index contributed by atoms with van der Waals surface area (Å²) in [6.45, 7) is 16.0. The second kappa shape index (κ2) is 30.7. The topological polar surface area (TPSA) is 64.5 Å². The van der Waals surface area contributed by atoms with Crippen LogP contribution in [0.4, 0.5) is 0 Å². The molecule has 4 aromatic heterocycles. The van der Waals surface area contributed by atoms with Crippen molar-refractivity contribution in [1.29, 1.82) is 0 Å². The highest BCUT2D eigenvalue weighted by Crippen LogP contribution is 2.09. The maximum absolute atomic E-state index is 4.18. The smallest absolute Gasteiger partial charge is 0.115 e. The summed E-state index contributed by atoms with van der Waals surface area (Å²) in [4.78, 5) is 19.3. The number of rotatable bonds is 0. The minimum atomic E-state index is 1.06. The van der Waals surface area contributed by atoms with Gasteiger partial charge in [-0.15, -0.1) is 0 Å². The second-order valence-corrected chi connectivity index (χ2v) is 6.35. The second-order valence-electron chi connectivity index (χ2n) is 6.35. The molecular weight excluding hydrogens is 490 g/mol. The van der Waals surface area contributed by atoms with Crippen LogP contribution in [0.15, 0.2) is 141 Å². The summed E-state index contributed by atoms with van der Waals surface area (Å²) in [5, 5.41) is 3.65. The van der Waals surface area contributed by atoms with E-state index in [1.54, 1.807) is 30.9 Å². The number of benzene rings is 2. The molecule has 5 heteroatoms. The Bertz CT molecular complexity index is 993. The molecule has 0 aliphatic rings. The zero-order valence-corrected chi connectivity index (χ0v) is 25.5. The molecule has 6 rings (SSSR count). The van der Waals surface area contributed by atoms with Crippen LogP contribution in [0.25, 0.3) is 21.7 Å². The first kappa shape index (κ1) is 37.6. The molecule has 0 atom stereocenters. The molecule has 0 amide bonds. The van der Waals surface area contributed by atoms with Gasteiger partial charge in [-0.05, 0) is 47.2 Å². The Morgan fingerprint density at radius 2 is 0.875 bits per heavy atom. The van der Waals surface area contributed by atoms with Gasteiger partial charge in [0.05, 0.1) is 5.52 Å². The Kier molecular flexibility index (Phi) is 28.9. The predicted octanol–water partition coefficient (Wildman–Crippen LogP) is 10.1. The number of aromatic nitrogens is 5. The van der Waals surface area contributed by atoms with Gasteiger partial charge in [0, 0.05) is 48.8 Å². The summed E-state index contributed by atoms with van der Waals surface area (Å²) in [7, 11) is 0. The molecular formula is C35H47N5. The molecule has 6 aromatic rings. The first-order valence-electron chi connectivity index (χ1n) is 14.1. The largest absolute Gasteiger partial charge is 0.265 e. The van der Waals surface area contributed by atoms with Crippen LogP contribution in [0.1, 0.15) is 55.4 Å². The standard InChI is InChI=1S/2C9H7N.C5H5N.C4H4N2.4C2H6/c1-2-6-9-8(4-1)5-3-7-10-9;1-2-4-9-7-10-6-5-8(9)3-1;1-2-4-6-5-3-1;1-2-5-4-6-3-1;4*1-2/h2*1-7H;1-5H;1-4H;4*1-2H3. The van der Waals surface area contributed by atoms with Gasteiger partial charge in [-0.25, -0.2) is 9.97 Å². The Morgan fingerprint density at radius 1 is 0.350 bits per heavy atom. The first-order valence-corrected chi connectivity index (χ1v) is 14.1. The van der Waals surface area contributed by atoms with Gasteiger partial charge >= 0.3 is 0 Å². The van der Waals surface area contributed by atoms with Crippen LogP contribution in [0, 0.1) is 0 Å². The van der Waals surface area contributed by atoms with Gasteiger partial charge in [-0.2, -0.15) is 0 Å². The van der Waals surface area contributed by atoms with E-state index in [0.717, 1.165) is 5.52 Å². The van der Waals surface area contributed by atoms with Gasteiger partial charge in [0.25, 0.3) is 0 Å². The van der Waals surface area contributed by atoms with E-state index in [2.05, 4.69) is 49.2 Å². The highest BCUT2D eigenvalue weighted by Gasteiger charge is 1.87. The van der Waals surface area contributed by atoms with E-state index in [9.17, 15) is 0 Å². The molecule has 0 N–H and O–H groups in total. The summed E-state index contributed by atoms with van der Waals surface area (Å²) < 4.78 is 0. The van der Waals surface area contributed by atoms with Crippen molar-refractivity contribution in [3.8, 4) is 0 Å². The van der Waals surface area contributed by atoms with Crippen molar-refractivity contribution in [3.63, 3.8) is 0 Å². The average molecular weight is 538 g/mol. The van der Waals surface area contributed by atoms with Crippen molar-refractivity contribution in [3.05, 3.63) is 141 Å². The summed E-state index contributed by atoms with van der Waals surface area (Å²) in [5.41, 5.74) is 1.06. The number of hydrogen-bond donors (Lipinski definition) is 0. The Hall–Kier alpha value is -4.51. The van der Waals surface area contributed by atoms with Gasteiger partial charge in [-0.1, -0.05) is 110 Å². The third-order valence-electron chi connectivity index (χ3n) is 4.11. The van der Waals surface area contributed by atoms with E-state index in [1.807, 2.05) is 135 Å². The predicted molar refractivity (Wildman–Crippen MR) is 175 cm³/mol. The first-order chi connectivity index (χ1) is 19.9. The third kappa shape index (κ3) is 18.7. The van der Waals surface area contributed by atoms with E-state index >= 15 is 0 Å². The summed E-state index contributed by atoms with van der Waals surface area (Å²) in [6, 6.07) is 29.8. The fraction of sp³-hybridized carbons (Fsp3) is 0.229. The summed E-state index contributed by atoms with van der Waals surface area (Å²) >= 11 is 0. The molecule has 212 valence electrons. The van der Waals surface area contributed by atoms with Crippen LogP contribution < -0.4 is 0 Å². The molecule has 2 aromatic carbocycles. The van der Waals surface area contributed by atoms with Gasteiger partial charge in [-0.3, -0.25) is 15.0 Å². The minimum Gasteiger partial charge on any atom is -0.265 e. The lowest BCUT2D eigenvalue weighted by Crippen LogP contribution is -1.73. The van der Waals surface area contributed by atoms with Crippen LogP contribution in [-0.2, 0) is 0 Å². The van der Waals surface area contributed by atoms with Crippen LogP contribution in [0.3, 0.4) is 0 Å². The maximum atomic E-state index is 4.18. The van der Waals surface area contributed by atoms with Crippen molar-refractivity contribution in [2.45, 2.75) is 55.4 Å². The normalized spacial score (nSPS) is 8.00. The number of fused-ring (bicyclic) bond motifs is 2. The lowest BCUT2D eigenvalue weighted by molar-refractivity contribution is 1.17. The van der Waals surface area contributed by atoms with Gasteiger partial charge < -0.3 is 0 Å². The molecule has 0 fully saturated rings. The monoisotopic (exact) mass is 537 g/mol. The van der Waals surface area contributed by atoms with E-state index in [4.69, 9.17) is 0 Å². The van der Waals surface area contributed by atoms with Crippen molar-refractivity contribution in [1.82, 2.24) is 24.9 Å². The molecule has 40 heavy (non-hydrogen) atoms. The molecule has 0 aliphatic heterocycles. The van der Waals surface area contributed by atoms with E-state index < -0.39 is 0 Å². The van der Waals surface area contributed by atoms with E-state index in [1.165, 1.54) is 22.5 Å². The molecule has 0 radical (unpaired) electrons. The van der Waals surface area contributed by atoms with Gasteiger partial charge in [0.15, 0.2) is 0 Å². The number of pyridine rings is 3. The Balaban J connectivity index is 0. The minimum absolute atomic E-state index is 1.06. The highest BCUT2D eigenvalue weighted by atomic mass is 14.8. The molecule has 0 aliphatic carbocycles. The number of para-hydroxylation sites is 1. The van der Waals surface area contributed by atoms with Crippen LogP contribution in [-0.4, -0.2) is 24.9 Å². The average Bonchev–Trinajstić information content (AvgIpc) is 3.11. The molecule has 0 unspecified atom stereocenters. The van der Waals surface area contributed by atoms with Gasteiger partial charge in [0.1, 0.15) is 6.33 Å². The van der Waals surface area contributed by atoms with Crippen LogP contribution >= 0.6 is 0 Å². The lowest BCUT2D eigenvalue weighted by atomic mass is 10.2. The van der Waals surface area contributed by atoms with Crippen molar-refractivity contribution in [2.24, 2.45) is 0 Å². The quantitative estimate of drug-likeness (QED) is 0.193. The number of hydrogen-bond acceptors (Lipinski definition) is 5. The van der Waals surface area contributed by atoms with Crippen molar-refractivity contribution < 1.29 is 0 Å². The Labute approximate surface area is 242 Å². The molecule has 4 heterocycles. The summed E-state index contributed by atoms with van der Waals surface area (Å²) in [6.07, 6.45) is 13.9. The SMILES string of the molecule is CC.CC.CC.CC.c1ccc2cnccc2c1.c1ccc2ncccc2c1.c1ccncc1.c1cncnc1. The van der Waals surface area contributed by atoms with E-state index in [-0.39, 0.29) is 0 Å². The molecule has 0 bridgehead atoms. The fourth-order valence-electron chi connectivity index (χ4n) is 2.61. The van der Waals surface area contributed by atoms with Crippen LogP contribution in [0.5, 0.6) is 0 Å². The molecule has 0 saturated carbocycles. The van der Waals surface area contributed by atoms with Gasteiger partial charge in [0.2, 0.25) is 0 Å². The number of nitrogens with zero attached hydrogens (tertiary/aromatic N) is 5. The molecule has 5 nitrogen and oxygen atoms in total. The summed E-state index contributed by atoms with van der Waals surface area (Å²) in [5.74, 6) is 0. The van der Waals surface area contributed by atoms with Crippen LogP contribution in [0.2, 0.25) is 0 Å².